The Morgan fingerprint density at radius 3 is 2.40 bits per heavy atom. The van der Waals surface area contributed by atoms with Gasteiger partial charge in [0.05, 0.1) is 11.4 Å². The molecule has 1 aromatic heterocycles. The highest BCUT2D eigenvalue weighted by molar-refractivity contribution is 6.30. The number of hydrogen-bond donors (Lipinski definition) is 2. The Kier molecular flexibility index (Phi) is 8.08. The maximum atomic E-state index is 12.8. The van der Waals surface area contributed by atoms with Crippen LogP contribution in [0.25, 0.3) is 5.69 Å². The van der Waals surface area contributed by atoms with Gasteiger partial charge in [0.15, 0.2) is 5.82 Å². The minimum absolute atomic E-state index is 0.0137. The lowest BCUT2D eigenvalue weighted by Gasteiger charge is -2.33. The summed E-state index contributed by atoms with van der Waals surface area (Å²) in [6.45, 7) is 5.47. The fraction of sp³-hybridized carbons (Fsp3) is 0.370. The lowest BCUT2D eigenvalue weighted by atomic mass is 9.95. The van der Waals surface area contributed by atoms with Crippen molar-refractivity contribution in [3.8, 4) is 5.69 Å². The molecular formula is C27H32ClN5O2. The normalized spacial score (nSPS) is 14.1. The largest absolute Gasteiger partial charge is 0.356 e. The zero-order valence-corrected chi connectivity index (χ0v) is 21.0. The van der Waals surface area contributed by atoms with Crippen molar-refractivity contribution in [3.63, 3.8) is 0 Å². The fourth-order valence-electron chi connectivity index (χ4n) is 4.54. The lowest BCUT2D eigenvalue weighted by molar-refractivity contribution is -0.125. The quantitative estimate of drug-likeness (QED) is 0.443. The number of rotatable bonds is 8. The Balaban J connectivity index is 1.40. The van der Waals surface area contributed by atoms with E-state index >= 15 is 0 Å². The van der Waals surface area contributed by atoms with Crippen molar-refractivity contribution in [2.45, 2.75) is 39.5 Å². The number of halogens is 1. The van der Waals surface area contributed by atoms with E-state index in [4.69, 9.17) is 16.7 Å². The first-order valence-electron chi connectivity index (χ1n) is 12.1. The monoisotopic (exact) mass is 493 g/mol. The van der Waals surface area contributed by atoms with Crippen LogP contribution in [0.4, 0.5) is 11.5 Å². The third-order valence-electron chi connectivity index (χ3n) is 6.36. The molecule has 1 saturated heterocycles. The first-order chi connectivity index (χ1) is 16.9. The summed E-state index contributed by atoms with van der Waals surface area (Å²) in [5.41, 5.74) is 3.60. The van der Waals surface area contributed by atoms with Gasteiger partial charge in [0.25, 0.3) is 0 Å². The zero-order valence-electron chi connectivity index (χ0n) is 20.3. The first-order valence-corrected chi connectivity index (χ1v) is 12.5. The predicted molar refractivity (Wildman–Crippen MR) is 140 cm³/mol. The van der Waals surface area contributed by atoms with E-state index in [9.17, 15) is 9.59 Å². The molecule has 0 atom stereocenters. The van der Waals surface area contributed by atoms with Gasteiger partial charge in [0.2, 0.25) is 11.8 Å². The van der Waals surface area contributed by atoms with E-state index in [0.717, 1.165) is 42.9 Å². The number of piperidine rings is 1. The Labute approximate surface area is 211 Å². The minimum Gasteiger partial charge on any atom is -0.356 e. The molecule has 3 aromatic rings. The second-order valence-corrected chi connectivity index (χ2v) is 9.43. The molecule has 1 fully saturated rings. The highest BCUT2D eigenvalue weighted by atomic mass is 35.5. The van der Waals surface area contributed by atoms with Crippen molar-refractivity contribution in [1.82, 2.24) is 15.1 Å². The summed E-state index contributed by atoms with van der Waals surface area (Å²) >= 11 is 6.08. The number of carbonyl (C=O) groups is 2. The number of amides is 2. The predicted octanol–water partition coefficient (Wildman–Crippen LogP) is 4.76. The van der Waals surface area contributed by atoms with E-state index in [-0.39, 0.29) is 17.7 Å². The number of nitrogens with zero attached hydrogens (tertiary/aromatic N) is 3. The van der Waals surface area contributed by atoms with Gasteiger partial charge in [0, 0.05) is 37.5 Å². The average molecular weight is 494 g/mol. The summed E-state index contributed by atoms with van der Waals surface area (Å²) in [7, 11) is 0. The third kappa shape index (κ3) is 6.22. The van der Waals surface area contributed by atoms with E-state index in [1.807, 2.05) is 54.1 Å². The molecule has 4 rings (SSSR count). The fourth-order valence-corrected chi connectivity index (χ4v) is 4.66. The molecule has 1 aliphatic rings. The number of nitrogens with one attached hydrogen (secondary N) is 2. The van der Waals surface area contributed by atoms with Crippen molar-refractivity contribution >= 4 is 34.9 Å². The SMILES string of the molecule is CC(=O)Nc1c(C)nn(-c2ccc(Cl)cc2)c1N1CCC(C(=O)NCCCc2ccccc2)CC1. The summed E-state index contributed by atoms with van der Waals surface area (Å²) in [5, 5.41) is 11.4. The molecular weight excluding hydrogens is 462 g/mol. The molecule has 2 aromatic carbocycles. The number of aromatic nitrogens is 2. The molecule has 2 amide bonds. The van der Waals surface area contributed by atoms with Crippen molar-refractivity contribution in [1.29, 1.82) is 0 Å². The standard InChI is InChI=1S/C27H32ClN5O2/c1-19-25(30-20(2)34)27(33(31-19)24-12-10-23(28)11-13-24)32-17-14-22(15-18-32)26(35)29-16-6-9-21-7-4-3-5-8-21/h3-5,7-8,10-13,22H,6,9,14-18H2,1-2H3,(H,29,35)(H,30,34). The van der Waals surface area contributed by atoms with Crippen LogP contribution >= 0.6 is 11.6 Å². The van der Waals surface area contributed by atoms with E-state index in [0.29, 0.717) is 30.3 Å². The molecule has 7 nitrogen and oxygen atoms in total. The van der Waals surface area contributed by atoms with Crippen LogP contribution in [0.2, 0.25) is 5.02 Å². The summed E-state index contributed by atoms with van der Waals surface area (Å²) in [4.78, 5) is 26.9. The third-order valence-corrected chi connectivity index (χ3v) is 6.61. The van der Waals surface area contributed by atoms with Gasteiger partial charge in [0.1, 0.15) is 5.69 Å². The highest BCUT2D eigenvalue weighted by Gasteiger charge is 2.29. The number of carbonyl (C=O) groups excluding carboxylic acids is 2. The number of anilines is 2. The van der Waals surface area contributed by atoms with Gasteiger partial charge in [-0.25, -0.2) is 4.68 Å². The first kappa shape index (κ1) is 24.8. The molecule has 35 heavy (non-hydrogen) atoms. The Morgan fingerprint density at radius 2 is 1.74 bits per heavy atom. The van der Waals surface area contributed by atoms with Crippen LogP contribution in [-0.2, 0) is 16.0 Å². The average Bonchev–Trinajstić information content (AvgIpc) is 3.18. The van der Waals surface area contributed by atoms with Crippen LogP contribution in [0.15, 0.2) is 54.6 Å². The Hall–Kier alpha value is -3.32. The molecule has 8 heteroatoms. The molecule has 2 N–H and O–H groups in total. The van der Waals surface area contributed by atoms with Crippen LogP contribution < -0.4 is 15.5 Å². The molecule has 0 saturated carbocycles. The molecule has 184 valence electrons. The van der Waals surface area contributed by atoms with Crippen molar-refractivity contribution < 1.29 is 9.59 Å². The van der Waals surface area contributed by atoms with Crippen molar-refractivity contribution in [2.24, 2.45) is 5.92 Å². The van der Waals surface area contributed by atoms with Gasteiger partial charge in [-0.1, -0.05) is 41.9 Å². The Morgan fingerprint density at radius 1 is 1.06 bits per heavy atom. The second kappa shape index (κ2) is 11.4. The molecule has 0 radical (unpaired) electrons. The van der Waals surface area contributed by atoms with Crippen LogP contribution in [0, 0.1) is 12.8 Å². The topological polar surface area (TPSA) is 79.3 Å². The number of benzene rings is 2. The van der Waals surface area contributed by atoms with Gasteiger partial charge in [-0.3, -0.25) is 9.59 Å². The molecule has 1 aliphatic heterocycles. The molecule has 0 aliphatic carbocycles. The number of aryl methyl sites for hydroxylation is 2. The van der Waals surface area contributed by atoms with E-state index in [1.54, 1.807) is 0 Å². The molecule has 2 heterocycles. The van der Waals surface area contributed by atoms with Crippen LogP contribution in [0.5, 0.6) is 0 Å². The van der Waals surface area contributed by atoms with Gasteiger partial charge in [-0.2, -0.15) is 5.10 Å². The summed E-state index contributed by atoms with van der Waals surface area (Å²) in [6, 6.07) is 17.8. The van der Waals surface area contributed by atoms with Gasteiger partial charge in [-0.15, -0.1) is 0 Å². The summed E-state index contributed by atoms with van der Waals surface area (Å²) < 4.78 is 1.85. The minimum atomic E-state index is -0.144. The summed E-state index contributed by atoms with van der Waals surface area (Å²) in [6.07, 6.45) is 3.37. The maximum absolute atomic E-state index is 12.8. The van der Waals surface area contributed by atoms with E-state index < -0.39 is 0 Å². The Bertz CT molecular complexity index is 1150. The van der Waals surface area contributed by atoms with Gasteiger partial charge >= 0.3 is 0 Å². The molecule has 0 bridgehead atoms. The van der Waals surface area contributed by atoms with E-state index in [2.05, 4.69) is 27.7 Å². The van der Waals surface area contributed by atoms with Crippen molar-refractivity contribution in [3.05, 3.63) is 70.9 Å². The van der Waals surface area contributed by atoms with Crippen molar-refractivity contribution in [2.75, 3.05) is 29.9 Å². The van der Waals surface area contributed by atoms with Gasteiger partial charge in [-0.05, 0) is 62.4 Å². The van der Waals surface area contributed by atoms with Crippen LogP contribution in [0.3, 0.4) is 0 Å². The maximum Gasteiger partial charge on any atom is 0.223 e. The molecule has 0 unspecified atom stereocenters. The summed E-state index contributed by atoms with van der Waals surface area (Å²) in [5.74, 6) is 0.805. The lowest BCUT2D eigenvalue weighted by Crippen LogP contribution is -2.41. The second-order valence-electron chi connectivity index (χ2n) is 8.99. The highest BCUT2D eigenvalue weighted by Crippen LogP contribution is 2.35. The number of hydrogen-bond acceptors (Lipinski definition) is 4. The van der Waals surface area contributed by atoms with Crippen LogP contribution in [0.1, 0.15) is 37.4 Å². The van der Waals surface area contributed by atoms with Crippen LogP contribution in [-0.4, -0.2) is 41.2 Å². The molecule has 0 spiro atoms. The van der Waals surface area contributed by atoms with E-state index in [1.165, 1.54) is 12.5 Å². The van der Waals surface area contributed by atoms with Gasteiger partial charge < -0.3 is 15.5 Å². The smallest absolute Gasteiger partial charge is 0.223 e. The zero-order chi connectivity index (χ0) is 24.8.